The van der Waals surface area contributed by atoms with E-state index in [4.69, 9.17) is 11.5 Å². The lowest BCUT2D eigenvalue weighted by Crippen LogP contribution is -3.62. The molecule has 6 aromatic carbocycles. The first-order chi connectivity index (χ1) is 23.7. The molecule has 0 atom stereocenters. The smallest absolute Gasteiger partial charge is 0.358 e. The van der Waals surface area contributed by atoms with Crippen LogP contribution in [0.1, 0.15) is 44.5 Å². The molecule has 0 aliphatic heterocycles. The zero-order chi connectivity index (χ0) is 36.8. The highest BCUT2D eigenvalue weighted by Gasteiger charge is 2.20. The van der Waals surface area contributed by atoms with Gasteiger partial charge >= 0.3 is 21.2 Å². The highest BCUT2D eigenvalue weighted by molar-refractivity contribution is 14.1. The molecule has 2 nitrogen and oxygen atoms in total. The van der Waals surface area contributed by atoms with Crippen molar-refractivity contribution < 1.29 is 38.2 Å². The van der Waals surface area contributed by atoms with Crippen LogP contribution in [-0.2, 0) is 0 Å². The Morgan fingerprint density at radius 2 is 0.923 bits per heavy atom. The first kappa shape index (κ1) is 48.3. The van der Waals surface area contributed by atoms with Crippen molar-refractivity contribution in [3.05, 3.63) is 177 Å². The zero-order valence-electron chi connectivity index (χ0n) is 31.1. The van der Waals surface area contributed by atoms with Crippen LogP contribution in [0.4, 0.5) is 11.4 Å². The zero-order valence-corrected chi connectivity index (χ0v) is 41.0. The fourth-order valence-electron chi connectivity index (χ4n) is 4.80. The average molecular weight is 1130 g/mol. The number of benzene rings is 6. The molecule has 0 amide bonds. The van der Waals surface area contributed by atoms with Gasteiger partial charge in [-0.3, -0.25) is 0 Å². The number of halogens is 4. The molecule has 8 heteroatoms. The molecule has 0 aliphatic rings. The molecule has 0 unspecified atom stereocenters. The fourth-order valence-corrected chi connectivity index (χ4v) is 8.73. The van der Waals surface area contributed by atoms with Crippen LogP contribution >= 0.6 is 71.0 Å². The normalized spacial score (nSPS) is 9.73. The van der Waals surface area contributed by atoms with Gasteiger partial charge in [0.1, 0.15) is 0 Å². The molecule has 276 valence electrons. The summed E-state index contributed by atoms with van der Waals surface area (Å²) in [4.78, 5) is 3.23. The minimum absolute atomic E-state index is 0. The van der Waals surface area contributed by atoms with E-state index >= 15 is 0 Å². The summed E-state index contributed by atoms with van der Waals surface area (Å²) in [5, 5.41) is 0. The van der Waals surface area contributed by atoms with Gasteiger partial charge in [0.05, 0.1) is 0 Å². The van der Waals surface area contributed by atoms with E-state index in [0.29, 0.717) is 0 Å². The van der Waals surface area contributed by atoms with Crippen molar-refractivity contribution in [2.45, 2.75) is 70.1 Å². The van der Waals surface area contributed by atoms with Gasteiger partial charge in [0.2, 0.25) is 0 Å². The van der Waals surface area contributed by atoms with Gasteiger partial charge < -0.3 is 28.4 Å². The first-order valence-electron chi connectivity index (χ1n) is 16.4. The van der Waals surface area contributed by atoms with Crippen LogP contribution in [-0.4, -0.2) is 0 Å². The molecule has 52 heavy (non-hydrogen) atoms. The Labute approximate surface area is 374 Å². The SMILES string of the molecule is Cc1ccc(I)c(C)c1.Cc1ccc(Sc2ccccc2N)c(C)c1.Cc1ccc([I+]c2ccc(C)cc2C)c(C)c1.I.Nc1ccccc1S.[Br-]. The lowest BCUT2D eigenvalue weighted by atomic mass is 10.2. The molecule has 0 bridgehead atoms. The number of anilines is 2. The molecular weight excluding hydrogens is 1080 g/mol. The predicted molar refractivity (Wildman–Crippen MR) is 242 cm³/mol. The first-order valence-corrected chi connectivity index (χ1v) is 20.9. The van der Waals surface area contributed by atoms with Crippen LogP contribution in [0.25, 0.3) is 0 Å². The molecule has 0 fully saturated rings. The molecule has 0 saturated heterocycles. The van der Waals surface area contributed by atoms with Crippen molar-refractivity contribution in [2.24, 2.45) is 0 Å². The number of nitrogen functional groups attached to an aromatic ring is 2. The Morgan fingerprint density at radius 3 is 1.33 bits per heavy atom. The summed E-state index contributed by atoms with van der Waals surface area (Å²) < 4.78 is 4.43. The summed E-state index contributed by atoms with van der Waals surface area (Å²) in [5.41, 5.74) is 23.8. The maximum Gasteiger partial charge on any atom is 0.358 e. The van der Waals surface area contributed by atoms with Crippen molar-refractivity contribution in [2.75, 3.05) is 11.5 Å². The summed E-state index contributed by atoms with van der Waals surface area (Å²) in [5.74, 6) is 0. The molecule has 6 aromatic rings. The Bertz CT molecular complexity index is 1950. The van der Waals surface area contributed by atoms with Crippen molar-refractivity contribution in [1.29, 1.82) is 0 Å². The molecule has 0 heterocycles. The van der Waals surface area contributed by atoms with Gasteiger partial charge in [0.25, 0.3) is 0 Å². The number of thiol groups is 1. The molecule has 0 saturated carbocycles. The average Bonchev–Trinajstić information content (AvgIpc) is 3.06. The third kappa shape index (κ3) is 16.8. The topological polar surface area (TPSA) is 52.0 Å². The van der Waals surface area contributed by atoms with Crippen LogP contribution in [0, 0.1) is 66.1 Å². The van der Waals surface area contributed by atoms with Crippen LogP contribution < -0.4 is 49.7 Å². The van der Waals surface area contributed by atoms with Gasteiger partial charge in [-0.1, -0.05) is 107 Å². The van der Waals surface area contributed by atoms with Crippen molar-refractivity contribution in [3.8, 4) is 0 Å². The number of hydrogen-bond acceptors (Lipinski definition) is 4. The van der Waals surface area contributed by atoms with Crippen molar-refractivity contribution in [3.63, 3.8) is 0 Å². The monoisotopic (exact) mass is 1130 g/mol. The van der Waals surface area contributed by atoms with E-state index < -0.39 is 0 Å². The molecule has 4 N–H and O–H groups in total. The van der Waals surface area contributed by atoms with Crippen LogP contribution in [0.3, 0.4) is 0 Å². The highest BCUT2D eigenvalue weighted by atomic mass is 127. The Balaban J connectivity index is 0.000000358. The summed E-state index contributed by atoms with van der Waals surface area (Å²) in [6, 6.07) is 42.0. The minimum Gasteiger partial charge on any atom is -1.00 e. The summed E-state index contributed by atoms with van der Waals surface area (Å²) in [6.07, 6.45) is 0. The second kappa shape index (κ2) is 24.6. The Kier molecular flexibility index (Phi) is 22.9. The Morgan fingerprint density at radius 1 is 0.500 bits per heavy atom. The van der Waals surface area contributed by atoms with E-state index in [-0.39, 0.29) is 62.2 Å². The van der Waals surface area contributed by atoms with Crippen LogP contribution in [0.15, 0.2) is 136 Å². The van der Waals surface area contributed by atoms with E-state index in [0.717, 1.165) is 21.2 Å². The molecule has 0 radical (unpaired) electrons. The maximum absolute atomic E-state index is 5.93. The lowest BCUT2D eigenvalue weighted by molar-refractivity contribution is -0.598. The van der Waals surface area contributed by atoms with Crippen LogP contribution in [0.2, 0.25) is 0 Å². The van der Waals surface area contributed by atoms with Crippen LogP contribution in [0.5, 0.6) is 0 Å². The highest BCUT2D eigenvalue weighted by Crippen LogP contribution is 2.34. The van der Waals surface area contributed by atoms with Gasteiger partial charge in [-0.25, -0.2) is 0 Å². The standard InChI is InChI=1S/C16H18I.C14H15NS.C8H9I.C6H7NS.BrH.HI/c1-11-5-7-15(13(3)9-11)17-16-8-6-12(2)10-14(16)4;1-10-7-8-13(11(2)9-10)16-14-6-4-3-5-12(14)15;1-6-3-4-8(9)7(2)5-6;7-5-3-1-2-4-6(5)8;;/h5-10H,1-4H3;3-9H,15H2,1-2H3;3-5H,1-2H3;1-4,8H,7H2;2*1H/q+1;;;;;/p-1. The minimum atomic E-state index is -0.0403. The lowest BCUT2D eigenvalue weighted by Gasteiger charge is -2.08. The molecule has 6 rings (SSSR count). The van der Waals surface area contributed by atoms with E-state index in [2.05, 4.69) is 169 Å². The van der Waals surface area contributed by atoms with Gasteiger partial charge in [-0.15, -0.1) is 36.6 Å². The number of para-hydroxylation sites is 2. The van der Waals surface area contributed by atoms with Gasteiger partial charge in [0, 0.05) is 40.8 Å². The van der Waals surface area contributed by atoms with E-state index in [1.54, 1.807) is 18.9 Å². The predicted octanol–water partition coefficient (Wildman–Crippen LogP) is 7.17. The third-order valence-corrected chi connectivity index (χ3v) is 14.0. The Hall–Kier alpha value is -1.71. The van der Waals surface area contributed by atoms with Gasteiger partial charge in [-0.2, -0.15) is 0 Å². The van der Waals surface area contributed by atoms with Gasteiger partial charge in [-0.05, 0) is 138 Å². The van der Waals surface area contributed by atoms with E-state index in [9.17, 15) is 0 Å². The number of nitrogens with two attached hydrogens (primary N) is 2. The second-order valence-electron chi connectivity index (χ2n) is 12.3. The second-order valence-corrected chi connectivity index (χ2v) is 17.9. The number of aryl methyl sites for hydroxylation is 8. The number of rotatable bonds is 4. The molecule has 0 aromatic heterocycles. The summed E-state index contributed by atoms with van der Waals surface area (Å²) in [6.45, 7) is 17.3. The molecular formula is C44H50BrI3N2S2. The molecule has 0 spiro atoms. The third-order valence-electron chi connectivity index (χ3n) is 7.55. The largest absolute Gasteiger partial charge is 1.00 e. The maximum atomic E-state index is 5.93. The van der Waals surface area contributed by atoms with E-state index in [1.165, 1.54) is 53.0 Å². The van der Waals surface area contributed by atoms with Crippen molar-refractivity contribution in [1.82, 2.24) is 0 Å². The summed E-state index contributed by atoms with van der Waals surface area (Å²) in [7, 11) is 0. The fraction of sp³-hybridized carbons (Fsp3) is 0.182. The van der Waals surface area contributed by atoms with Gasteiger partial charge in [0.15, 0.2) is 7.14 Å². The summed E-state index contributed by atoms with van der Waals surface area (Å²) >= 11 is 8.10. The molecule has 0 aliphatic carbocycles. The number of hydrogen-bond donors (Lipinski definition) is 3. The van der Waals surface area contributed by atoms with Crippen molar-refractivity contribution >= 4 is 82.3 Å². The van der Waals surface area contributed by atoms with E-state index in [1.807, 2.05) is 42.5 Å². The quantitative estimate of drug-likeness (QED) is 0.0999.